The molecule has 0 fully saturated rings. The van der Waals surface area contributed by atoms with Crippen molar-refractivity contribution in [3.63, 3.8) is 0 Å². The van der Waals surface area contributed by atoms with Gasteiger partial charge in [-0.1, -0.05) is 225 Å². The molecule has 340 valence electrons. The lowest BCUT2D eigenvalue weighted by atomic mass is 9.90. The summed E-state index contributed by atoms with van der Waals surface area (Å²) in [5, 5.41) is 7.59. The molecule has 0 bridgehead atoms. The Balaban J connectivity index is 0.910. The third-order valence-corrected chi connectivity index (χ3v) is 13.7. The third kappa shape index (κ3) is 8.60. The quantitative estimate of drug-likeness (QED) is 0.136. The van der Waals surface area contributed by atoms with Gasteiger partial charge in [-0.2, -0.15) is 0 Å². The molecule has 0 aromatic heterocycles. The predicted molar refractivity (Wildman–Crippen MR) is 297 cm³/mol. The molecule has 0 radical (unpaired) electrons. The molecule has 2 N–H and O–H groups in total. The summed E-state index contributed by atoms with van der Waals surface area (Å²) in [5.41, 5.74) is 20.4. The van der Waals surface area contributed by atoms with Crippen molar-refractivity contribution < 1.29 is 0 Å². The smallest absolute Gasteiger partial charge is 0.160 e. The Hall–Kier alpha value is -9.06. The number of amidine groups is 2. The molecule has 0 saturated heterocycles. The second kappa shape index (κ2) is 19.1. The normalized spacial score (nSPS) is 15.0. The van der Waals surface area contributed by atoms with Gasteiger partial charge in [0.2, 0.25) is 0 Å². The molecule has 12 rings (SSSR count). The van der Waals surface area contributed by atoms with Crippen molar-refractivity contribution in [2.24, 2.45) is 9.98 Å². The molecule has 5 heteroatoms. The van der Waals surface area contributed by atoms with E-state index in [9.17, 15) is 0 Å². The minimum atomic E-state index is -0.354. The van der Waals surface area contributed by atoms with Gasteiger partial charge < -0.3 is 15.5 Å². The molecule has 2 atom stereocenters. The van der Waals surface area contributed by atoms with Crippen LogP contribution in [0.1, 0.15) is 36.2 Å². The summed E-state index contributed by atoms with van der Waals surface area (Å²) in [5.74, 6) is 1.47. The van der Waals surface area contributed by atoms with Gasteiger partial charge in [-0.3, -0.25) is 0 Å². The van der Waals surface area contributed by atoms with E-state index in [2.05, 4.69) is 271 Å². The highest BCUT2D eigenvalue weighted by molar-refractivity contribution is 6.15. The number of hydrogen-bond donors (Lipinski definition) is 2. The van der Waals surface area contributed by atoms with E-state index >= 15 is 0 Å². The lowest BCUT2D eigenvalue weighted by Gasteiger charge is -2.27. The van der Waals surface area contributed by atoms with E-state index in [1.807, 2.05) is 6.07 Å². The summed E-state index contributed by atoms with van der Waals surface area (Å²) in [7, 11) is 0. The number of anilines is 3. The van der Waals surface area contributed by atoms with Crippen LogP contribution in [0.4, 0.5) is 17.1 Å². The highest BCUT2D eigenvalue weighted by Crippen LogP contribution is 2.48. The molecule has 2 unspecified atom stereocenters. The highest BCUT2D eigenvalue weighted by atomic mass is 15.3. The zero-order valence-electron chi connectivity index (χ0n) is 39.5. The molecule has 0 aliphatic carbocycles. The summed E-state index contributed by atoms with van der Waals surface area (Å²) in [4.78, 5) is 13.1. The van der Waals surface area contributed by atoms with Crippen molar-refractivity contribution in [1.29, 1.82) is 0 Å². The predicted octanol–water partition coefficient (Wildman–Crippen LogP) is 16.5. The van der Waals surface area contributed by atoms with Gasteiger partial charge in [0, 0.05) is 16.8 Å². The first-order valence-electron chi connectivity index (χ1n) is 24.5. The number of nitrogens with zero attached hydrogens (tertiary/aromatic N) is 3. The Labute approximate surface area is 416 Å². The Morgan fingerprint density at radius 1 is 0.380 bits per heavy atom. The number of hydrogen-bond acceptors (Lipinski definition) is 5. The van der Waals surface area contributed by atoms with E-state index in [0.717, 1.165) is 79.3 Å². The second-order valence-corrected chi connectivity index (χ2v) is 18.1. The zero-order chi connectivity index (χ0) is 47.5. The first-order valence-corrected chi connectivity index (χ1v) is 24.5. The van der Waals surface area contributed by atoms with E-state index in [4.69, 9.17) is 9.98 Å². The minimum Gasteiger partial charge on any atom is -0.363 e. The fourth-order valence-electron chi connectivity index (χ4n) is 10.2. The van der Waals surface area contributed by atoms with Crippen LogP contribution in [0.2, 0.25) is 0 Å². The zero-order valence-corrected chi connectivity index (χ0v) is 39.5. The third-order valence-electron chi connectivity index (χ3n) is 13.7. The summed E-state index contributed by atoms with van der Waals surface area (Å²) in [6.45, 7) is 2.26. The van der Waals surface area contributed by atoms with Crippen molar-refractivity contribution in [3.05, 3.63) is 271 Å². The maximum Gasteiger partial charge on any atom is 0.160 e. The Bertz CT molecular complexity index is 3590. The minimum absolute atomic E-state index is 0.0977. The van der Waals surface area contributed by atoms with Gasteiger partial charge in [0.25, 0.3) is 0 Å². The van der Waals surface area contributed by atoms with E-state index in [1.165, 1.54) is 33.5 Å². The van der Waals surface area contributed by atoms with Crippen molar-refractivity contribution in [2.45, 2.75) is 25.7 Å². The molecule has 2 heterocycles. The number of fused-ring (bicyclic) bond motifs is 1. The molecule has 0 amide bonds. The van der Waals surface area contributed by atoms with Crippen LogP contribution in [0, 0.1) is 0 Å². The maximum atomic E-state index is 5.39. The van der Waals surface area contributed by atoms with Gasteiger partial charge in [0.05, 0.1) is 11.4 Å². The van der Waals surface area contributed by atoms with Gasteiger partial charge >= 0.3 is 0 Å². The van der Waals surface area contributed by atoms with Gasteiger partial charge in [-0.15, -0.1) is 0 Å². The standard InChI is InChI=1S/C66H51N5/c1-2-63-67-61-43-59(46-24-9-4-10-25-46)60(47-26-11-5-12-27-47)44-62(61)71(63)54-35-21-32-51(42-54)50-31-19-33-52(40-50)55-36-15-16-37-56(55)57-38-17-18-39-58(57)66-69-64(48-28-13-6-14-29-48)68-65(70-66)53-34-20-30-49(41-53)45-22-7-3-8-23-45/h3-44,63,65,67H,2H2,1H3,(H,68,69,70). The molecule has 2 aliphatic rings. The van der Waals surface area contributed by atoms with Crippen molar-refractivity contribution >= 4 is 28.7 Å². The molecule has 71 heavy (non-hydrogen) atoms. The van der Waals surface area contributed by atoms with Crippen molar-refractivity contribution in [1.82, 2.24) is 5.32 Å². The van der Waals surface area contributed by atoms with Crippen LogP contribution >= 0.6 is 0 Å². The summed E-state index contributed by atoms with van der Waals surface area (Å²) in [6, 6.07) is 90.9. The van der Waals surface area contributed by atoms with Crippen LogP contribution in [0.25, 0.3) is 66.8 Å². The number of rotatable bonds is 11. The van der Waals surface area contributed by atoms with Crippen LogP contribution < -0.4 is 15.5 Å². The molecular weight excluding hydrogens is 863 g/mol. The monoisotopic (exact) mass is 913 g/mol. The summed E-state index contributed by atoms with van der Waals surface area (Å²) in [6.07, 6.45) is 0.672. The van der Waals surface area contributed by atoms with E-state index in [-0.39, 0.29) is 12.3 Å². The maximum absolute atomic E-state index is 5.39. The lowest BCUT2D eigenvalue weighted by molar-refractivity contribution is 0.674. The van der Waals surface area contributed by atoms with E-state index < -0.39 is 0 Å². The van der Waals surface area contributed by atoms with Gasteiger partial charge in [-0.25, -0.2) is 9.98 Å². The second-order valence-electron chi connectivity index (χ2n) is 18.1. The summed E-state index contributed by atoms with van der Waals surface area (Å²) >= 11 is 0. The fraction of sp³-hybridized carbons (Fsp3) is 0.0606. The molecule has 10 aromatic rings. The Kier molecular flexibility index (Phi) is 11.7. The molecule has 10 aromatic carbocycles. The molecule has 0 saturated carbocycles. The first kappa shape index (κ1) is 43.2. The summed E-state index contributed by atoms with van der Waals surface area (Å²) < 4.78 is 0. The highest BCUT2D eigenvalue weighted by Gasteiger charge is 2.31. The van der Waals surface area contributed by atoms with E-state index in [1.54, 1.807) is 0 Å². The van der Waals surface area contributed by atoms with Gasteiger partial charge in [0.1, 0.15) is 18.2 Å². The molecular formula is C66H51N5. The van der Waals surface area contributed by atoms with Crippen LogP contribution in [0.5, 0.6) is 0 Å². The van der Waals surface area contributed by atoms with E-state index in [0.29, 0.717) is 5.84 Å². The average Bonchev–Trinajstić information content (AvgIpc) is 3.83. The first-order chi connectivity index (χ1) is 35.1. The molecule has 2 aliphatic heterocycles. The van der Waals surface area contributed by atoms with Crippen LogP contribution in [-0.4, -0.2) is 17.8 Å². The largest absolute Gasteiger partial charge is 0.363 e. The average molecular weight is 914 g/mol. The van der Waals surface area contributed by atoms with Gasteiger partial charge in [-0.05, 0) is 115 Å². The van der Waals surface area contributed by atoms with Crippen molar-refractivity contribution in [2.75, 3.05) is 10.2 Å². The topological polar surface area (TPSA) is 52.0 Å². The van der Waals surface area contributed by atoms with Gasteiger partial charge in [0.15, 0.2) is 5.84 Å². The number of aliphatic imine (C=N–C) groups is 2. The fourth-order valence-corrected chi connectivity index (χ4v) is 10.2. The molecule has 0 spiro atoms. The van der Waals surface area contributed by atoms with Crippen LogP contribution in [0.15, 0.2) is 265 Å². The Morgan fingerprint density at radius 3 is 1.54 bits per heavy atom. The number of benzene rings is 10. The lowest BCUT2D eigenvalue weighted by Crippen LogP contribution is -2.33. The molecule has 5 nitrogen and oxygen atoms in total. The Morgan fingerprint density at radius 2 is 0.873 bits per heavy atom. The van der Waals surface area contributed by atoms with Crippen molar-refractivity contribution in [3.8, 4) is 66.8 Å². The number of nitrogens with one attached hydrogen (secondary N) is 2. The SMILES string of the molecule is CCC1Nc2cc(-c3ccccc3)c(-c3ccccc3)cc2N1c1cccc(-c2cccc(-c3ccccc3-c3ccccc3C3=NC(c4cccc(-c5ccccc5)c4)NC(c4ccccc4)=N3)c2)c1. The van der Waals surface area contributed by atoms with Crippen LogP contribution in [0.3, 0.4) is 0 Å². The van der Waals surface area contributed by atoms with Crippen LogP contribution in [-0.2, 0) is 0 Å².